The number of ether oxygens (including phenoxy) is 1. The molecular formula is C16H14FN3O5S2. The summed E-state index contributed by atoms with van der Waals surface area (Å²) in [4.78, 5) is 12.8. The number of hydrogen-bond donors (Lipinski definition) is 1. The molecule has 1 N–H and O–H groups in total. The largest absolute Gasteiger partial charge is 0.449 e. The first kappa shape index (κ1) is 19.1. The maximum Gasteiger partial charge on any atom is 0.341 e. The van der Waals surface area contributed by atoms with Crippen LogP contribution >= 0.6 is 11.3 Å². The average molecular weight is 411 g/mol. The molecule has 3 rings (SSSR count). The Balaban J connectivity index is 1.80. The van der Waals surface area contributed by atoms with Crippen LogP contribution in [0.3, 0.4) is 0 Å². The second-order valence-corrected chi connectivity index (χ2v) is 8.15. The molecule has 0 fully saturated rings. The van der Waals surface area contributed by atoms with Crippen molar-refractivity contribution in [3.63, 3.8) is 0 Å². The van der Waals surface area contributed by atoms with Crippen LogP contribution in [0.25, 0.3) is 10.8 Å². The second kappa shape index (κ2) is 7.55. The number of nitrogens with one attached hydrogen (secondary N) is 1. The summed E-state index contributed by atoms with van der Waals surface area (Å²) in [6.45, 7) is 1.48. The number of hydrogen-bond acceptors (Lipinski definition) is 8. The van der Waals surface area contributed by atoms with Gasteiger partial charge in [-0.25, -0.2) is 22.3 Å². The standard InChI is InChI=1S/C16H14FN3O5S2/c1-9(14-19-20-15(25-14)13-4-3-7-26-13)24-16(21)11-8-10(5-6-12(11)17)27(22,23)18-2/h3-9,18H,1-2H3. The number of carbonyl (C=O) groups excluding carboxylic acids is 1. The van der Waals surface area contributed by atoms with Crippen molar-refractivity contribution < 1.29 is 26.8 Å². The summed E-state index contributed by atoms with van der Waals surface area (Å²) in [5.41, 5.74) is -0.517. The van der Waals surface area contributed by atoms with Gasteiger partial charge in [-0.1, -0.05) is 6.07 Å². The molecule has 3 aromatic rings. The van der Waals surface area contributed by atoms with E-state index >= 15 is 0 Å². The van der Waals surface area contributed by atoms with Crippen molar-refractivity contribution in [2.75, 3.05) is 7.05 Å². The van der Waals surface area contributed by atoms with Crippen LogP contribution in [0.2, 0.25) is 0 Å². The number of benzene rings is 1. The Hall–Kier alpha value is -2.63. The lowest BCUT2D eigenvalue weighted by atomic mass is 10.2. The number of thiophene rings is 1. The molecule has 1 aromatic carbocycles. The zero-order valence-corrected chi connectivity index (χ0v) is 15.8. The Morgan fingerprint density at radius 3 is 2.78 bits per heavy atom. The summed E-state index contributed by atoms with van der Waals surface area (Å²) in [5.74, 6) is -1.65. The minimum atomic E-state index is -3.84. The first-order valence-corrected chi connectivity index (χ1v) is 9.99. The maximum absolute atomic E-state index is 14.0. The van der Waals surface area contributed by atoms with E-state index in [-0.39, 0.29) is 16.7 Å². The highest BCUT2D eigenvalue weighted by Gasteiger charge is 2.24. The molecule has 0 amide bonds. The number of carbonyl (C=O) groups is 1. The predicted molar refractivity (Wildman–Crippen MR) is 94.1 cm³/mol. The summed E-state index contributed by atoms with van der Waals surface area (Å²) in [5, 5.41) is 9.54. The van der Waals surface area contributed by atoms with Gasteiger partial charge in [0.05, 0.1) is 15.3 Å². The molecule has 0 aliphatic rings. The van der Waals surface area contributed by atoms with E-state index in [2.05, 4.69) is 14.9 Å². The van der Waals surface area contributed by atoms with Crippen molar-refractivity contribution in [1.29, 1.82) is 0 Å². The van der Waals surface area contributed by atoms with Crippen molar-refractivity contribution >= 4 is 27.3 Å². The molecular weight excluding hydrogens is 397 g/mol. The van der Waals surface area contributed by atoms with Crippen molar-refractivity contribution in [1.82, 2.24) is 14.9 Å². The zero-order valence-electron chi connectivity index (χ0n) is 14.2. The lowest BCUT2D eigenvalue weighted by Gasteiger charge is -2.11. The zero-order chi connectivity index (χ0) is 19.6. The van der Waals surface area contributed by atoms with Gasteiger partial charge in [0.25, 0.3) is 11.8 Å². The SMILES string of the molecule is CNS(=O)(=O)c1ccc(F)c(C(=O)OC(C)c2nnc(-c3cccs3)o2)c1. The third-order valence-electron chi connectivity index (χ3n) is 3.54. The number of halogens is 1. The average Bonchev–Trinajstić information content (AvgIpc) is 3.33. The fraction of sp³-hybridized carbons (Fsp3) is 0.188. The van der Waals surface area contributed by atoms with Gasteiger partial charge in [0.1, 0.15) is 5.82 Å². The van der Waals surface area contributed by atoms with Crippen LogP contribution in [0.1, 0.15) is 29.3 Å². The fourth-order valence-corrected chi connectivity index (χ4v) is 3.52. The molecule has 142 valence electrons. The highest BCUT2D eigenvalue weighted by molar-refractivity contribution is 7.89. The van der Waals surface area contributed by atoms with Crippen LogP contribution in [0.4, 0.5) is 4.39 Å². The van der Waals surface area contributed by atoms with Gasteiger partial charge >= 0.3 is 5.97 Å². The topological polar surface area (TPSA) is 111 Å². The first-order chi connectivity index (χ1) is 12.8. The van der Waals surface area contributed by atoms with Crippen LogP contribution in [-0.2, 0) is 14.8 Å². The molecule has 0 radical (unpaired) electrons. The van der Waals surface area contributed by atoms with E-state index in [1.165, 1.54) is 25.3 Å². The number of nitrogens with zero attached hydrogens (tertiary/aromatic N) is 2. The molecule has 0 saturated carbocycles. The minimum Gasteiger partial charge on any atom is -0.449 e. The van der Waals surface area contributed by atoms with Crippen LogP contribution in [-0.4, -0.2) is 31.6 Å². The normalized spacial score (nSPS) is 12.7. The summed E-state index contributed by atoms with van der Waals surface area (Å²) in [6.07, 6.45) is -0.956. The predicted octanol–water partition coefficient (Wildman–Crippen LogP) is 2.76. The molecule has 0 aliphatic heterocycles. The molecule has 2 aromatic heterocycles. The third kappa shape index (κ3) is 4.04. The van der Waals surface area contributed by atoms with E-state index in [4.69, 9.17) is 9.15 Å². The molecule has 0 aliphatic carbocycles. The number of aromatic nitrogens is 2. The monoisotopic (exact) mass is 411 g/mol. The van der Waals surface area contributed by atoms with Crippen molar-refractivity contribution in [2.24, 2.45) is 0 Å². The van der Waals surface area contributed by atoms with Crippen LogP contribution in [0.5, 0.6) is 0 Å². The molecule has 1 atom stereocenters. The van der Waals surface area contributed by atoms with E-state index in [1.807, 2.05) is 11.4 Å². The summed E-state index contributed by atoms with van der Waals surface area (Å²) in [6, 6.07) is 6.45. The van der Waals surface area contributed by atoms with Crippen LogP contribution < -0.4 is 4.72 Å². The van der Waals surface area contributed by atoms with E-state index in [1.54, 1.807) is 6.07 Å². The van der Waals surface area contributed by atoms with E-state index < -0.39 is 33.5 Å². The second-order valence-electron chi connectivity index (χ2n) is 5.32. The molecule has 1 unspecified atom stereocenters. The smallest absolute Gasteiger partial charge is 0.341 e. The Morgan fingerprint density at radius 2 is 2.11 bits per heavy atom. The van der Waals surface area contributed by atoms with Gasteiger partial charge in [0, 0.05) is 0 Å². The summed E-state index contributed by atoms with van der Waals surface area (Å²) >= 11 is 1.40. The van der Waals surface area contributed by atoms with E-state index in [9.17, 15) is 17.6 Å². The van der Waals surface area contributed by atoms with Crippen molar-refractivity contribution in [2.45, 2.75) is 17.9 Å². The third-order valence-corrected chi connectivity index (χ3v) is 5.81. The highest BCUT2D eigenvalue weighted by Crippen LogP contribution is 2.26. The molecule has 0 bridgehead atoms. The van der Waals surface area contributed by atoms with Gasteiger partial charge in [0.15, 0.2) is 6.10 Å². The maximum atomic E-state index is 14.0. The lowest BCUT2D eigenvalue weighted by Crippen LogP contribution is -2.20. The van der Waals surface area contributed by atoms with Gasteiger partial charge in [0.2, 0.25) is 10.0 Å². The Bertz CT molecular complexity index is 1060. The van der Waals surface area contributed by atoms with Crippen molar-refractivity contribution in [3.05, 3.63) is 53.0 Å². The molecule has 0 spiro atoms. The van der Waals surface area contributed by atoms with Crippen molar-refractivity contribution in [3.8, 4) is 10.8 Å². The lowest BCUT2D eigenvalue weighted by molar-refractivity contribution is 0.0274. The fourth-order valence-electron chi connectivity index (χ4n) is 2.12. The molecule has 11 heteroatoms. The quantitative estimate of drug-likeness (QED) is 0.621. The van der Waals surface area contributed by atoms with Gasteiger partial charge in [-0.2, -0.15) is 0 Å². The molecule has 2 heterocycles. The Morgan fingerprint density at radius 1 is 1.33 bits per heavy atom. The van der Waals surface area contributed by atoms with Crippen LogP contribution in [0, 0.1) is 5.82 Å². The van der Waals surface area contributed by atoms with E-state index in [0.29, 0.717) is 0 Å². The minimum absolute atomic E-state index is 0.0335. The molecule has 27 heavy (non-hydrogen) atoms. The van der Waals surface area contributed by atoms with Gasteiger partial charge < -0.3 is 9.15 Å². The summed E-state index contributed by atoms with van der Waals surface area (Å²) in [7, 11) is -2.63. The number of esters is 1. The Labute approximate surface area is 158 Å². The van der Waals surface area contributed by atoms with Crippen LogP contribution in [0.15, 0.2) is 45.0 Å². The molecule has 0 saturated heterocycles. The first-order valence-electron chi connectivity index (χ1n) is 7.63. The van der Waals surface area contributed by atoms with E-state index in [0.717, 1.165) is 23.1 Å². The van der Waals surface area contributed by atoms with Gasteiger partial charge in [-0.15, -0.1) is 21.5 Å². The van der Waals surface area contributed by atoms with Gasteiger partial charge in [-0.3, -0.25) is 0 Å². The highest BCUT2D eigenvalue weighted by atomic mass is 32.2. The molecule has 8 nitrogen and oxygen atoms in total. The Kier molecular flexibility index (Phi) is 5.35. The summed E-state index contributed by atoms with van der Waals surface area (Å²) < 4.78 is 50.3. The number of rotatable bonds is 6. The van der Waals surface area contributed by atoms with Gasteiger partial charge in [-0.05, 0) is 43.6 Å². The number of sulfonamides is 1.